The van der Waals surface area contributed by atoms with Gasteiger partial charge in [-0.1, -0.05) is 6.42 Å². The highest BCUT2D eigenvalue weighted by atomic mass is 16.5. The second-order valence-electron chi connectivity index (χ2n) is 5.73. The first kappa shape index (κ1) is 14.6. The fourth-order valence-corrected chi connectivity index (χ4v) is 3.44. The van der Waals surface area contributed by atoms with Gasteiger partial charge in [0, 0.05) is 30.1 Å². The van der Waals surface area contributed by atoms with Crippen LogP contribution in [0.25, 0.3) is 10.9 Å². The summed E-state index contributed by atoms with van der Waals surface area (Å²) in [6.07, 6.45) is 4.92. The van der Waals surface area contributed by atoms with Crippen molar-refractivity contribution in [2.75, 3.05) is 13.8 Å². The number of fused-ring (bicyclic) bond motifs is 1. The van der Waals surface area contributed by atoms with E-state index in [4.69, 9.17) is 10.00 Å². The number of H-pyrrole nitrogens is 1. The van der Waals surface area contributed by atoms with E-state index in [1.807, 2.05) is 18.3 Å². The maximum absolute atomic E-state index is 12.3. The SMILES string of the molecule is COCNC(=O)[C@@H]1CCC[C@H]1c1c[nH]c2ccc(C#N)cc12. The van der Waals surface area contributed by atoms with E-state index in [1.54, 1.807) is 13.2 Å². The normalized spacial score (nSPS) is 20.9. The van der Waals surface area contributed by atoms with Crippen molar-refractivity contribution in [2.45, 2.75) is 25.2 Å². The van der Waals surface area contributed by atoms with Gasteiger partial charge in [-0.25, -0.2) is 0 Å². The van der Waals surface area contributed by atoms with Gasteiger partial charge in [0.1, 0.15) is 6.73 Å². The Morgan fingerprint density at radius 2 is 2.36 bits per heavy atom. The fourth-order valence-electron chi connectivity index (χ4n) is 3.44. The van der Waals surface area contributed by atoms with Crippen molar-refractivity contribution in [3.8, 4) is 6.07 Å². The lowest BCUT2D eigenvalue weighted by molar-refractivity contribution is -0.126. The molecule has 2 aromatic rings. The molecule has 0 unspecified atom stereocenters. The minimum Gasteiger partial charge on any atom is -0.364 e. The van der Waals surface area contributed by atoms with E-state index in [9.17, 15) is 4.79 Å². The highest BCUT2D eigenvalue weighted by molar-refractivity contribution is 5.87. The molecule has 22 heavy (non-hydrogen) atoms. The summed E-state index contributed by atoms with van der Waals surface area (Å²) in [5.41, 5.74) is 2.80. The van der Waals surface area contributed by atoms with Gasteiger partial charge in [-0.2, -0.15) is 5.26 Å². The number of nitrogens with zero attached hydrogens (tertiary/aromatic N) is 1. The minimum atomic E-state index is -0.0279. The number of rotatable bonds is 4. The van der Waals surface area contributed by atoms with Crippen LogP contribution in [0, 0.1) is 17.2 Å². The number of aromatic nitrogens is 1. The van der Waals surface area contributed by atoms with E-state index in [0.29, 0.717) is 5.56 Å². The summed E-state index contributed by atoms with van der Waals surface area (Å²) >= 11 is 0. The number of nitriles is 1. The van der Waals surface area contributed by atoms with Crippen LogP contribution in [0.3, 0.4) is 0 Å². The molecule has 5 heteroatoms. The van der Waals surface area contributed by atoms with Gasteiger partial charge < -0.3 is 15.0 Å². The van der Waals surface area contributed by atoms with Crippen molar-refractivity contribution < 1.29 is 9.53 Å². The molecule has 1 fully saturated rings. The van der Waals surface area contributed by atoms with E-state index in [-0.39, 0.29) is 24.5 Å². The predicted octanol–water partition coefficient (Wildman–Crippen LogP) is 2.64. The van der Waals surface area contributed by atoms with E-state index in [0.717, 1.165) is 35.7 Å². The van der Waals surface area contributed by atoms with E-state index < -0.39 is 0 Å². The van der Waals surface area contributed by atoms with Gasteiger partial charge >= 0.3 is 0 Å². The van der Waals surface area contributed by atoms with Crippen LogP contribution in [-0.2, 0) is 9.53 Å². The number of aromatic amines is 1. The number of amides is 1. The molecule has 1 saturated carbocycles. The Bertz CT molecular complexity index is 729. The molecule has 1 aliphatic carbocycles. The first-order valence-corrected chi connectivity index (χ1v) is 7.52. The largest absolute Gasteiger partial charge is 0.364 e. The Labute approximate surface area is 129 Å². The summed E-state index contributed by atoms with van der Waals surface area (Å²) in [4.78, 5) is 15.6. The third kappa shape index (κ3) is 2.58. The van der Waals surface area contributed by atoms with Crippen molar-refractivity contribution in [3.63, 3.8) is 0 Å². The van der Waals surface area contributed by atoms with Gasteiger partial charge in [0.2, 0.25) is 5.91 Å². The summed E-state index contributed by atoms with van der Waals surface area (Å²) in [5.74, 6) is 0.217. The molecule has 114 valence electrons. The van der Waals surface area contributed by atoms with Gasteiger partial charge in [-0.3, -0.25) is 4.79 Å². The molecule has 1 aliphatic rings. The second kappa shape index (κ2) is 6.20. The molecule has 0 radical (unpaired) electrons. The van der Waals surface area contributed by atoms with Crippen LogP contribution in [0.2, 0.25) is 0 Å². The van der Waals surface area contributed by atoms with Crippen molar-refractivity contribution in [1.29, 1.82) is 5.26 Å². The standard InChI is InChI=1S/C17H19N3O2/c1-22-10-20-17(21)13-4-2-3-12(13)15-9-19-16-6-5-11(8-18)7-14(15)16/h5-7,9,12-13,19H,2-4,10H2,1H3,(H,20,21)/t12-,13-/m1/s1. The van der Waals surface area contributed by atoms with E-state index >= 15 is 0 Å². The molecule has 0 spiro atoms. The monoisotopic (exact) mass is 297 g/mol. The third-order valence-corrected chi connectivity index (χ3v) is 4.49. The first-order chi connectivity index (χ1) is 10.7. The molecule has 5 nitrogen and oxygen atoms in total. The van der Waals surface area contributed by atoms with Crippen molar-refractivity contribution in [3.05, 3.63) is 35.5 Å². The van der Waals surface area contributed by atoms with Crippen LogP contribution in [0.4, 0.5) is 0 Å². The second-order valence-corrected chi connectivity index (χ2v) is 5.73. The van der Waals surface area contributed by atoms with Crippen LogP contribution in [0.15, 0.2) is 24.4 Å². The zero-order valence-electron chi connectivity index (χ0n) is 12.6. The number of hydrogen-bond donors (Lipinski definition) is 2. The van der Waals surface area contributed by atoms with Crippen molar-refractivity contribution in [1.82, 2.24) is 10.3 Å². The number of hydrogen-bond acceptors (Lipinski definition) is 3. The lowest BCUT2D eigenvalue weighted by atomic mass is 9.88. The number of methoxy groups -OCH3 is 1. The maximum atomic E-state index is 12.3. The molecule has 1 amide bonds. The van der Waals surface area contributed by atoms with Crippen LogP contribution in [-0.4, -0.2) is 24.7 Å². The van der Waals surface area contributed by atoms with E-state index in [2.05, 4.69) is 16.4 Å². The molecule has 0 aliphatic heterocycles. The smallest absolute Gasteiger partial charge is 0.225 e. The Kier molecular flexibility index (Phi) is 4.12. The Hall–Kier alpha value is -2.32. The molecule has 1 heterocycles. The Balaban J connectivity index is 1.92. The lowest BCUT2D eigenvalue weighted by Gasteiger charge is -2.18. The van der Waals surface area contributed by atoms with Crippen LogP contribution >= 0.6 is 0 Å². The number of carbonyl (C=O) groups excluding carboxylic acids is 1. The molecule has 3 rings (SSSR count). The highest BCUT2D eigenvalue weighted by Crippen LogP contribution is 2.42. The van der Waals surface area contributed by atoms with Crippen molar-refractivity contribution in [2.24, 2.45) is 5.92 Å². The van der Waals surface area contributed by atoms with Gasteiger partial charge in [-0.15, -0.1) is 0 Å². The Morgan fingerprint density at radius 1 is 1.50 bits per heavy atom. The molecule has 0 saturated heterocycles. The van der Waals surface area contributed by atoms with Gasteiger partial charge in [0.05, 0.1) is 11.6 Å². The van der Waals surface area contributed by atoms with E-state index in [1.165, 1.54) is 0 Å². The molecular formula is C17H19N3O2. The predicted molar refractivity (Wildman–Crippen MR) is 83.1 cm³/mol. The zero-order valence-corrected chi connectivity index (χ0v) is 12.6. The van der Waals surface area contributed by atoms with Gasteiger partial charge in [0.15, 0.2) is 0 Å². The molecule has 0 bridgehead atoms. The van der Waals surface area contributed by atoms with Crippen LogP contribution < -0.4 is 5.32 Å². The third-order valence-electron chi connectivity index (χ3n) is 4.49. The molecular weight excluding hydrogens is 278 g/mol. The van der Waals surface area contributed by atoms with Gasteiger partial charge in [-0.05, 0) is 42.5 Å². The quantitative estimate of drug-likeness (QED) is 0.852. The molecule has 1 aromatic carbocycles. The summed E-state index contributed by atoms with van der Waals surface area (Å²) in [6.45, 7) is 0.245. The number of benzene rings is 1. The Morgan fingerprint density at radius 3 is 3.14 bits per heavy atom. The number of ether oxygens (including phenoxy) is 1. The molecule has 1 aromatic heterocycles. The molecule has 2 atom stereocenters. The summed E-state index contributed by atoms with van der Waals surface area (Å²) < 4.78 is 4.92. The summed E-state index contributed by atoms with van der Waals surface area (Å²) in [7, 11) is 1.56. The summed E-state index contributed by atoms with van der Waals surface area (Å²) in [5, 5.41) is 13.0. The summed E-state index contributed by atoms with van der Waals surface area (Å²) in [6, 6.07) is 7.81. The fraction of sp³-hybridized carbons (Fsp3) is 0.412. The van der Waals surface area contributed by atoms with Crippen LogP contribution in [0.5, 0.6) is 0 Å². The maximum Gasteiger partial charge on any atom is 0.225 e. The average Bonchev–Trinajstić information content (AvgIpc) is 3.17. The first-order valence-electron chi connectivity index (χ1n) is 7.52. The number of nitrogens with one attached hydrogen (secondary N) is 2. The lowest BCUT2D eigenvalue weighted by Crippen LogP contribution is -2.33. The topological polar surface area (TPSA) is 77.9 Å². The molecule has 2 N–H and O–H groups in total. The minimum absolute atomic E-state index is 0.0279. The highest BCUT2D eigenvalue weighted by Gasteiger charge is 2.35. The van der Waals surface area contributed by atoms with Gasteiger partial charge in [0.25, 0.3) is 0 Å². The zero-order chi connectivity index (χ0) is 15.5. The van der Waals surface area contributed by atoms with Crippen LogP contribution in [0.1, 0.15) is 36.3 Å². The average molecular weight is 297 g/mol. The number of carbonyl (C=O) groups is 1. The van der Waals surface area contributed by atoms with Crippen molar-refractivity contribution >= 4 is 16.8 Å².